The normalized spacial score (nSPS) is 11.0. The lowest BCUT2D eigenvalue weighted by molar-refractivity contribution is -0.114. The van der Waals surface area contributed by atoms with Gasteiger partial charge in [-0.05, 0) is 63.6 Å². The number of benzene rings is 2. The molecule has 0 bridgehead atoms. The summed E-state index contributed by atoms with van der Waals surface area (Å²) in [5, 5.41) is 9.35. The Hall–Kier alpha value is -2.53. The summed E-state index contributed by atoms with van der Waals surface area (Å²) < 4.78 is 0. The third-order valence-electron chi connectivity index (χ3n) is 3.52. The molecule has 6 heteroatoms. The molecule has 0 aliphatic carbocycles. The van der Waals surface area contributed by atoms with Crippen LogP contribution in [0.25, 0.3) is 0 Å². The fraction of sp³-hybridized carbons (Fsp3) is 0.300. The molecule has 0 atom stereocenters. The van der Waals surface area contributed by atoms with Crippen molar-refractivity contribution < 1.29 is 9.59 Å². The smallest absolute Gasteiger partial charge is 0.251 e. The molecule has 0 spiro atoms. The van der Waals surface area contributed by atoms with E-state index in [1.165, 1.54) is 0 Å². The first-order valence-corrected chi connectivity index (χ1v) is 8.74. The Balaban J connectivity index is 1.95. The number of rotatable bonds is 5. The van der Waals surface area contributed by atoms with E-state index < -0.39 is 0 Å². The van der Waals surface area contributed by atoms with Gasteiger partial charge in [0.25, 0.3) is 5.91 Å². The molecule has 0 unspecified atom stereocenters. The molecule has 2 aromatic carbocycles. The van der Waals surface area contributed by atoms with E-state index in [-0.39, 0.29) is 23.9 Å². The summed E-state index contributed by atoms with van der Waals surface area (Å²) in [5.41, 5.74) is 2.49. The lowest BCUT2D eigenvalue weighted by Gasteiger charge is -2.20. The van der Waals surface area contributed by atoms with E-state index in [0.29, 0.717) is 16.3 Å². The van der Waals surface area contributed by atoms with Crippen LogP contribution in [0, 0.1) is 6.92 Å². The maximum Gasteiger partial charge on any atom is 0.251 e. The van der Waals surface area contributed by atoms with Gasteiger partial charge in [-0.3, -0.25) is 9.59 Å². The third-order valence-corrected chi connectivity index (χ3v) is 3.93. The zero-order chi connectivity index (χ0) is 19.3. The average molecular weight is 374 g/mol. The molecule has 2 rings (SSSR count). The van der Waals surface area contributed by atoms with Crippen molar-refractivity contribution in [3.63, 3.8) is 0 Å². The molecular formula is C20H24ClN3O2. The van der Waals surface area contributed by atoms with Gasteiger partial charge < -0.3 is 16.0 Å². The summed E-state index contributed by atoms with van der Waals surface area (Å²) in [6.45, 7) is 7.76. The lowest BCUT2D eigenvalue weighted by Crippen LogP contribution is -2.40. The van der Waals surface area contributed by atoms with Crippen LogP contribution in [0.2, 0.25) is 5.02 Å². The van der Waals surface area contributed by atoms with Gasteiger partial charge in [0, 0.05) is 27.5 Å². The van der Waals surface area contributed by atoms with E-state index in [0.717, 1.165) is 11.3 Å². The monoisotopic (exact) mass is 373 g/mol. The third kappa shape index (κ3) is 6.08. The van der Waals surface area contributed by atoms with E-state index in [1.807, 2.05) is 39.8 Å². The van der Waals surface area contributed by atoms with Crippen LogP contribution in [0.4, 0.5) is 11.4 Å². The SMILES string of the molecule is Cc1ccc(NCC(=O)Nc2cccc(C(=O)NC(C)(C)C)c2)cc1Cl. The highest BCUT2D eigenvalue weighted by Gasteiger charge is 2.15. The first kappa shape index (κ1) is 19.8. The van der Waals surface area contributed by atoms with Crippen LogP contribution < -0.4 is 16.0 Å². The number of hydrogen-bond donors (Lipinski definition) is 3. The number of nitrogens with one attached hydrogen (secondary N) is 3. The van der Waals surface area contributed by atoms with Crippen molar-refractivity contribution in [2.75, 3.05) is 17.2 Å². The fourth-order valence-electron chi connectivity index (χ4n) is 2.24. The average Bonchev–Trinajstić information content (AvgIpc) is 2.54. The molecule has 0 aromatic heterocycles. The maximum absolute atomic E-state index is 12.2. The second-order valence-electron chi connectivity index (χ2n) is 7.15. The summed E-state index contributed by atoms with van der Waals surface area (Å²) >= 11 is 6.07. The van der Waals surface area contributed by atoms with Gasteiger partial charge in [0.2, 0.25) is 5.91 Å². The molecule has 0 aliphatic rings. The van der Waals surface area contributed by atoms with E-state index in [2.05, 4.69) is 16.0 Å². The molecule has 5 nitrogen and oxygen atoms in total. The number of aryl methyl sites for hydroxylation is 1. The first-order chi connectivity index (χ1) is 12.1. The Labute approximate surface area is 159 Å². The molecule has 0 aliphatic heterocycles. The Bertz CT molecular complexity index is 813. The van der Waals surface area contributed by atoms with Crippen LogP contribution in [0.3, 0.4) is 0 Å². The number of hydrogen-bond acceptors (Lipinski definition) is 3. The molecule has 2 amide bonds. The molecule has 0 radical (unpaired) electrons. The summed E-state index contributed by atoms with van der Waals surface area (Å²) in [6, 6.07) is 12.4. The van der Waals surface area contributed by atoms with Gasteiger partial charge >= 0.3 is 0 Å². The van der Waals surface area contributed by atoms with Gasteiger partial charge in [-0.2, -0.15) is 0 Å². The predicted octanol–water partition coefficient (Wildman–Crippen LogP) is 4.23. The van der Waals surface area contributed by atoms with Gasteiger partial charge in [0.1, 0.15) is 0 Å². The zero-order valence-corrected chi connectivity index (χ0v) is 16.2. The largest absolute Gasteiger partial charge is 0.376 e. The van der Waals surface area contributed by atoms with Crippen molar-refractivity contribution in [1.29, 1.82) is 0 Å². The van der Waals surface area contributed by atoms with E-state index in [1.54, 1.807) is 30.3 Å². The quantitative estimate of drug-likeness (QED) is 0.734. The highest BCUT2D eigenvalue weighted by molar-refractivity contribution is 6.31. The van der Waals surface area contributed by atoms with Gasteiger partial charge in [-0.15, -0.1) is 0 Å². The molecule has 0 fully saturated rings. The van der Waals surface area contributed by atoms with Crippen LogP contribution >= 0.6 is 11.6 Å². The van der Waals surface area contributed by atoms with Crippen molar-refractivity contribution in [2.24, 2.45) is 0 Å². The Morgan fingerprint density at radius 1 is 1.04 bits per heavy atom. The fourth-order valence-corrected chi connectivity index (χ4v) is 2.42. The molecular weight excluding hydrogens is 350 g/mol. The number of amides is 2. The molecule has 2 aromatic rings. The van der Waals surface area contributed by atoms with Gasteiger partial charge in [-0.1, -0.05) is 23.7 Å². The Morgan fingerprint density at radius 2 is 1.77 bits per heavy atom. The minimum absolute atomic E-state index is 0.0950. The number of anilines is 2. The van der Waals surface area contributed by atoms with Crippen molar-refractivity contribution in [2.45, 2.75) is 33.2 Å². The van der Waals surface area contributed by atoms with E-state index in [4.69, 9.17) is 11.6 Å². The summed E-state index contributed by atoms with van der Waals surface area (Å²) in [6.07, 6.45) is 0. The summed E-state index contributed by atoms with van der Waals surface area (Å²) in [7, 11) is 0. The lowest BCUT2D eigenvalue weighted by atomic mass is 10.1. The van der Waals surface area contributed by atoms with E-state index in [9.17, 15) is 9.59 Å². The number of halogens is 1. The van der Waals surface area contributed by atoms with Gasteiger partial charge in [-0.25, -0.2) is 0 Å². The van der Waals surface area contributed by atoms with Crippen molar-refractivity contribution >= 4 is 34.8 Å². The molecule has 26 heavy (non-hydrogen) atoms. The highest BCUT2D eigenvalue weighted by atomic mass is 35.5. The van der Waals surface area contributed by atoms with Gasteiger partial charge in [0.05, 0.1) is 6.54 Å². The molecule has 0 saturated heterocycles. The minimum Gasteiger partial charge on any atom is -0.376 e. The topological polar surface area (TPSA) is 70.2 Å². The predicted molar refractivity (Wildman–Crippen MR) is 107 cm³/mol. The van der Waals surface area contributed by atoms with Crippen molar-refractivity contribution in [1.82, 2.24) is 5.32 Å². The standard InChI is InChI=1S/C20H24ClN3O2/c1-13-8-9-15(11-17(13)21)22-12-18(25)23-16-7-5-6-14(10-16)19(26)24-20(2,3)4/h5-11,22H,12H2,1-4H3,(H,23,25)(H,24,26). The van der Waals surface area contributed by atoms with E-state index >= 15 is 0 Å². The second kappa shape index (κ2) is 8.23. The Kier molecular flexibility index (Phi) is 6.27. The first-order valence-electron chi connectivity index (χ1n) is 8.36. The Morgan fingerprint density at radius 3 is 2.42 bits per heavy atom. The van der Waals surface area contributed by atoms with Crippen LogP contribution in [0.15, 0.2) is 42.5 Å². The molecule has 138 valence electrons. The van der Waals surface area contributed by atoms with Gasteiger partial charge in [0.15, 0.2) is 0 Å². The van der Waals surface area contributed by atoms with Crippen LogP contribution in [0.5, 0.6) is 0 Å². The van der Waals surface area contributed by atoms with Crippen LogP contribution in [0.1, 0.15) is 36.7 Å². The summed E-state index contributed by atoms with van der Waals surface area (Å²) in [4.78, 5) is 24.4. The van der Waals surface area contributed by atoms with Crippen LogP contribution in [-0.2, 0) is 4.79 Å². The second-order valence-corrected chi connectivity index (χ2v) is 7.56. The van der Waals surface area contributed by atoms with Crippen LogP contribution in [-0.4, -0.2) is 23.9 Å². The van der Waals surface area contributed by atoms with Crippen molar-refractivity contribution in [3.8, 4) is 0 Å². The van der Waals surface area contributed by atoms with Crippen molar-refractivity contribution in [3.05, 3.63) is 58.6 Å². The maximum atomic E-state index is 12.2. The molecule has 0 saturated carbocycles. The number of carbonyl (C=O) groups excluding carboxylic acids is 2. The summed E-state index contributed by atoms with van der Waals surface area (Å²) in [5.74, 6) is -0.393. The zero-order valence-electron chi connectivity index (χ0n) is 15.4. The highest BCUT2D eigenvalue weighted by Crippen LogP contribution is 2.19. The minimum atomic E-state index is -0.324. The molecule has 0 heterocycles. The molecule has 3 N–H and O–H groups in total. The number of carbonyl (C=O) groups is 2.